The number of aromatic amines is 1. The number of benzene rings is 1. The van der Waals surface area contributed by atoms with Crippen LogP contribution in [0.1, 0.15) is 38.6 Å². The van der Waals surface area contributed by atoms with Gasteiger partial charge in [0.1, 0.15) is 17.9 Å². The van der Waals surface area contributed by atoms with Gasteiger partial charge in [-0.2, -0.15) is 0 Å². The summed E-state index contributed by atoms with van der Waals surface area (Å²) < 4.78 is 1.12. The highest BCUT2D eigenvalue weighted by molar-refractivity contribution is 14.1. The van der Waals surface area contributed by atoms with E-state index in [1.165, 1.54) is 0 Å². The van der Waals surface area contributed by atoms with Crippen molar-refractivity contribution in [1.29, 1.82) is 0 Å². The Labute approximate surface area is 175 Å². The van der Waals surface area contributed by atoms with E-state index in [1.54, 1.807) is 6.20 Å². The summed E-state index contributed by atoms with van der Waals surface area (Å²) in [5.74, 6) is -0.985. The molecular weight excluding hydrogens is 475 g/mol. The number of halogens is 1. The molecule has 2 atom stereocenters. The van der Waals surface area contributed by atoms with Gasteiger partial charge in [0.05, 0.1) is 11.9 Å². The molecule has 3 rings (SSSR count). The average molecular weight is 496 g/mol. The number of imide groups is 1. The first-order valence-corrected chi connectivity index (χ1v) is 10.0. The lowest BCUT2D eigenvalue weighted by molar-refractivity contribution is -0.137. The van der Waals surface area contributed by atoms with Crippen LogP contribution in [0.3, 0.4) is 0 Å². The fourth-order valence-electron chi connectivity index (χ4n) is 3.27. The summed E-state index contributed by atoms with van der Waals surface area (Å²) in [5.41, 5.74) is 1.75. The number of hydrogen-bond donors (Lipinski definition) is 3. The molecule has 2 heterocycles. The van der Waals surface area contributed by atoms with Crippen LogP contribution in [0.5, 0.6) is 0 Å². The second-order valence-corrected chi connectivity index (χ2v) is 8.27. The monoisotopic (exact) mass is 496 g/mol. The number of nitrogens with one attached hydrogen (secondary N) is 2. The minimum absolute atomic E-state index is 0.0628. The smallest absolute Gasteiger partial charge is 0.325 e. The summed E-state index contributed by atoms with van der Waals surface area (Å²) in [5, 5.41) is 11.4. The molecule has 1 saturated heterocycles. The van der Waals surface area contributed by atoms with Crippen LogP contribution in [0.15, 0.2) is 30.5 Å². The lowest BCUT2D eigenvalue weighted by atomic mass is 10.0. The summed E-state index contributed by atoms with van der Waals surface area (Å²) >= 11 is 2.23. The van der Waals surface area contributed by atoms with E-state index in [0.717, 1.165) is 19.7 Å². The highest BCUT2D eigenvalue weighted by Crippen LogP contribution is 2.31. The Kier molecular flexibility index (Phi) is 6.01. The quantitative estimate of drug-likeness (QED) is 0.403. The molecule has 0 radical (unpaired) electrons. The van der Waals surface area contributed by atoms with Crippen LogP contribution in [0.2, 0.25) is 0 Å². The molecule has 0 bridgehead atoms. The van der Waals surface area contributed by atoms with Gasteiger partial charge in [0.15, 0.2) is 0 Å². The fraction of sp³-hybridized carbons (Fsp3) is 0.368. The number of carbonyl (C=O) groups is 3. The predicted molar refractivity (Wildman–Crippen MR) is 110 cm³/mol. The second kappa shape index (κ2) is 8.29. The molecule has 0 aliphatic carbocycles. The SMILES string of the molecule is CC(C)C(c1ncc(-c2ccc(I)cc2)[nH]1)N1C(=O)N[C@H](CCC(=O)O)C1=O. The van der Waals surface area contributed by atoms with Gasteiger partial charge < -0.3 is 15.4 Å². The lowest BCUT2D eigenvalue weighted by Gasteiger charge is -2.27. The molecule has 0 spiro atoms. The van der Waals surface area contributed by atoms with E-state index in [9.17, 15) is 14.4 Å². The molecule has 9 heteroatoms. The molecule has 8 nitrogen and oxygen atoms in total. The van der Waals surface area contributed by atoms with Crippen LogP contribution in [0, 0.1) is 9.49 Å². The van der Waals surface area contributed by atoms with E-state index in [-0.39, 0.29) is 18.8 Å². The van der Waals surface area contributed by atoms with E-state index < -0.39 is 30.0 Å². The van der Waals surface area contributed by atoms with E-state index in [2.05, 4.69) is 37.9 Å². The molecule has 3 N–H and O–H groups in total. The molecule has 28 heavy (non-hydrogen) atoms. The maximum Gasteiger partial charge on any atom is 0.325 e. The topological polar surface area (TPSA) is 115 Å². The third kappa shape index (κ3) is 4.18. The van der Waals surface area contributed by atoms with Crippen molar-refractivity contribution in [3.05, 3.63) is 39.9 Å². The van der Waals surface area contributed by atoms with Crippen molar-refractivity contribution in [2.24, 2.45) is 5.92 Å². The molecule has 1 aromatic heterocycles. The Morgan fingerprint density at radius 1 is 1.29 bits per heavy atom. The van der Waals surface area contributed by atoms with Gasteiger partial charge in [-0.25, -0.2) is 9.78 Å². The minimum atomic E-state index is -1.01. The van der Waals surface area contributed by atoms with Crippen molar-refractivity contribution in [1.82, 2.24) is 20.2 Å². The first-order chi connectivity index (χ1) is 13.3. The molecular formula is C19H21IN4O4. The van der Waals surface area contributed by atoms with Gasteiger partial charge in [0.2, 0.25) is 0 Å². The van der Waals surface area contributed by atoms with Crippen LogP contribution in [0.4, 0.5) is 4.79 Å². The molecule has 1 fully saturated rings. The highest BCUT2D eigenvalue weighted by atomic mass is 127. The van der Waals surface area contributed by atoms with Gasteiger partial charge in [-0.05, 0) is 52.6 Å². The minimum Gasteiger partial charge on any atom is -0.481 e. The largest absolute Gasteiger partial charge is 0.481 e. The van der Waals surface area contributed by atoms with Gasteiger partial charge in [-0.1, -0.05) is 26.0 Å². The molecule has 1 aromatic carbocycles. The van der Waals surface area contributed by atoms with Crippen molar-refractivity contribution in [3.8, 4) is 11.3 Å². The number of rotatable bonds is 7. The molecule has 148 valence electrons. The maximum atomic E-state index is 12.8. The van der Waals surface area contributed by atoms with Gasteiger partial charge in [-0.3, -0.25) is 14.5 Å². The van der Waals surface area contributed by atoms with E-state index in [1.807, 2.05) is 38.1 Å². The molecule has 0 saturated carbocycles. The zero-order chi connectivity index (χ0) is 20.4. The van der Waals surface area contributed by atoms with Crippen molar-refractivity contribution >= 4 is 40.5 Å². The number of aromatic nitrogens is 2. The van der Waals surface area contributed by atoms with Crippen molar-refractivity contribution < 1.29 is 19.5 Å². The number of nitrogens with zero attached hydrogens (tertiary/aromatic N) is 2. The van der Waals surface area contributed by atoms with Gasteiger partial charge in [0, 0.05) is 9.99 Å². The van der Waals surface area contributed by atoms with Crippen molar-refractivity contribution in [2.75, 3.05) is 0 Å². The Bertz CT molecular complexity index is 894. The lowest BCUT2D eigenvalue weighted by Crippen LogP contribution is -2.38. The normalized spacial score (nSPS) is 17.9. The number of amides is 3. The van der Waals surface area contributed by atoms with Gasteiger partial charge in [0.25, 0.3) is 5.91 Å². The van der Waals surface area contributed by atoms with E-state index in [0.29, 0.717) is 5.82 Å². The number of carboxylic acid groups (broad SMARTS) is 1. The number of imidazole rings is 1. The van der Waals surface area contributed by atoms with Crippen LogP contribution < -0.4 is 5.32 Å². The third-order valence-electron chi connectivity index (χ3n) is 4.64. The van der Waals surface area contributed by atoms with Crippen LogP contribution in [-0.4, -0.2) is 43.9 Å². The number of aliphatic carboxylic acids is 1. The summed E-state index contributed by atoms with van der Waals surface area (Å²) in [6.45, 7) is 3.81. The summed E-state index contributed by atoms with van der Waals surface area (Å²) in [7, 11) is 0. The zero-order valence-corrected chi connectivity index (χ0v) is 17.6. The molecule has 2 aromatic rings. The van der Waals surface area contributed by atoms with Crippen LogP contribution >= 0.6 is 22.6 Å². The summed E-state index contributed by atoms with van der Waals surface area (Å²) in [6.07, 6.45) is 1.56. The number of urea groups is 1. The molecule has 3 amide bonds. The van der Waals surface area contributed by atoms with Crippen molar-refractivity contribution in [3.63, 3.8) is 0 Å². The second-order valence-electron chi connectivity index (χ2n) is 7.02. The Morgan fingerprint density at radius 2 is 1.96 bits per heavy atom. The average Bonchev–Trinajstić information content (AvgIpc) is 3.21. The number of carbonyl (C=O) groups excluding carboxylic acids is 2. The fourth-order valence-corrected chi connectivity index (χ4v) is 3.63. The third-order valence-corrected chi connectivity index (χ3v) is 5.36. The Hall–Kier alpha value is -2.43. The molecule has 1 aliphatic rings. The standard InChI is InChI=1S/C19H21IN4O4/c1-10(2)16(24-18(27)13(23-19(24)28)7-8-15(25)26)17-21-9-14(22-17)11-3-5-12(20)6-4-11/h3-6,9-10,13,16H,7-8H2,1-2H3,(H,21,22)(H,23,28)(H,25,26)/t13-,16?/m1/s1. The van der Waals surface area contributed by atoms with Crippen LogP contribution in [-0.2, 0) is 9.59 Å². The predicted octanol–water partition coefficient (Wildman–Crippen LogP) is 3.16. The van der Waals surface area contributed by atoms with Gasteiger partial charge >= 0.3 is 12.0 Å². The molecule has 1 aliphatic heterocycles. The Balaban J connectivity index is 1.86. The maximum absolute atomic E-state index is 12.8. The Morgan fingerprint density at radius 3 is 2.57 bits per heavy atom. The number of hydrogen-bond acceptors (Lipinski definition) is 4. The molecule has 1 unspecified atom stereocenters. The van der Waals surface area contributed by atoms with E-state index in [4.69, 9.17) is 5.11 Å². The first kappa shape index (κ1) is 20.3. The highest BCUT2D eigenvalue weighted by Gasteiger charge is 2.44. The summed E-state index contributed by atoms with van der Waals surface area (Å²) in [4.78, 5) is 44.9. The van der Waals surface area contributed by atoms with Crippen molar-refractivity contribution in [2.45, 2.75) is 38.8 Å². The van der Waals surface area contributed by atoms with Crippen LogP contribution in [0.25, 0.3) is 11.3 Å². The van der Waals surface area contributed by atoms with E-state index >= 15 is 0 Å². The zero-order valence-electron chi connectivity index (χ0n) is 15.5. The summed E-state index contributed by atoms with van der Waals surface area (Å²) in [6, 6.07) is 6.00. The number of H-pyrrole nitrogens is 1. The first-order valence-electron chi connectivity index (χ1n) is 8.94. The van der Waals surface area contributed by atoms with Gasteiger partial charge in [-0.15, -0.1) is 0 Å². The number of carboxylic acids is 1.